The monoisotopic (exact) mass is 354 g/mol. The maximum absolute atomic E-state index is 13.1. The molecule has 0 bridgehead atoms. The van der Waals surface area contributed by atoms with Gasteiger partial charge < -0.3 is 4.90 Å². The van der Waals surface area contributed by atoms with Crippen molar-refractivity contribution in [3.63, 3.8) is 0 Å². The maximum atomic E-state index is 13.1. The number of hydrogen-bond acceptors (Lipinski definition) is 3. The third-order valence-electron chi connectivity index (χ3n) is 3.23. The molecule has 0 unspecified atom stereocenters. The number of piperazine rings is 1. The Hall–Kier alpha value is -0.890. The van der Waals surface area contributed by atoms with Crippen LogP contribution in [0.2, 0.25) is 5.02 Å². The lowest BCUT2D eigenvalue weighted by molar-refractivity contribution is -0.129. The van der Waals surface area contributed by atoms with Crippen LogP contribution >= 0.6 is 23.2 Å². The predicted octanol–water partition coefficient (Wildman–Crippen LogP) is 1.55. The van der Waals surface area contributed by atoms with Gasteiger partial charge in [0.05, 0.1) is 9.92 Å². The number of nitrogens with zero attached hydrogens (tertiary/aromatic N) is 2. The van der Waals surface area contributed by atoms with E-state index in [0.29, 0.717) is 0 Å². The van der Waals surface area contributed by atoms with Crippen LogP contribution in [0.25, 0.3) is 0 Å². The van der Waals surface area contributed by atoms with Crippen LogP contribution in [-0.2, 0) is 14.8 Å². The Morgan fingerprint density at radius 3 is 2.38 bits per heavy atom. The molecule has 5 nitrogen and oxygen atoms in total. The van der Waals surface area contributed by atoms with Crippen molar-refractivity contribution in [1.82, 2.24) is 9.21 Å². The molecule has 1 aliphatic heterocycles. The highest BCUT2D eigenvalue weighted by Gasteiger charge is 2.30. The van der Waals surface area contributed by atoms with Crippen molar-refractivity contribution in [1.29, 1.82) is 0 Å². The molecule has 1 aromatic rings. The lowest BCUT2D eigenvalue weighted by Gasteiger charge is -2.33. The van der Waals surface area contributed by atoms with E-state index < -0.39 is 15.8 Å². The van der Waals surface area contributed by atoms with Gasteiger partial charge in [0.15, 0.2) is 0 Å². The lowest BCUT2D eigenvalue weighted by Crippen LogP contribution is -2.50. The third-order valence-corrected chi connectivity index (χ3v) is 5.65. The molecular weight excluding hydrogens is 342 g/mol. The molecule has 21 heavy (non-hydrogen) atoms. The van der Waals surface area contributed by atoms with Gasteiger partial charge in [0.25, 0.3) is 0 Å². The summed E-state index contributed by atoms with van der Waals surface area (Å²) in [4.78, 5) is 12.9. The molecule has 1 saturated heterocycles. The zero-order valence-electron chi connectivity index (χ0n) is 10.9. The maximum Gasteiger partial charge on any atom is 0.243 e. The van der Waals surface area contributed by atoms with Gasteiger partial charge in [0.1, 0.15) is 11.7 Å². The summed E-state index contributed by atoms with van der Waals surface area (Å²) in [6.07, 6.45) is 0. The first-order valence-electron chi connectivity index (χ1n) is 6.15. The first-order valence-corrected chi connectivity index (χ1v) is 8.50. The summed E-state index contributed by atoms with van der Waals surface area (Å²) in [5.74, 6) is -1.02. The van der Waals surface area contributed by atoms with Crippen molar-refractivity contribution in [2.24, 2.45) is 0 Å². The molecule has 1 fully saturated rings. The number of amides is 1. The number of halogens is 3. The van der Waals surface area contributed by atoms with Crippen LogP contribution in [0.3, 0.4) is 0 Å². The molecule has 1 aromatic carbocycles. The summed E-state index contributed by atoms with van der Waals surface area (Å²) >= 11 is 11.1. The molecule has 0 aromatic heterocycles. The molecule has 1 aliphatic rings. The van der Waals surface area contributed by atoms with Crippen LogP contribution in [0.15, 0.2) is 23.1 Å². The van der Waals surface area contributed by atoms with Crippen LogP contribution in [0.5, 0.6) is 0 Å². The highest BCUT2D eigenvalue weighted by atomic mass is 35.5. The summed E-state index contributed by atoms with van der Waals surface area (Å²) in [6, 6.07) is 3.28. The van der Waals surface area contributed by atoms with Gasteiger partial charge in [-0.2, -0.15) is 4.31 Å². The van der Waals surface area contributed by atoms with Gasteiger partial charge in [0.2, 0.25) is 15.9 Å². The Kier molecular flexibility index (Phi) is 5.08. The van der Waals surface area contributed by atoms with Gasteiger partial charge in [-0.05, 0) is 18.2 Å². The summed E-state index contributed by atoms with van der Waals surface area (Å²) in [5, 5.41) is -0.243. The van der Waals surface area contributed by atoms with E-state index >= 15 is 0 Å². The molecule has 0 N–H and O–H groups in total. The summed E-state index contributed by atoms with van der Waals surface area (Å²) in [6.45, 7) is 0.888. The third kappa shape index (κ3) is 3.48. The van der Waals surface area contributed by atoms with Gasteiger partial charge in [-0.1, -0.05) is 11.6 Å². The average molecular weight is 355 g/mol. The Labute approximate surface area is 132 Å². The lowest BCUT2D eigenvalue weighted by atomic mass is 10.3. The Morgan fingerprint density at radius 1 is 1.24 bits per heavy atom. The van der Waals surface area contributed by atoms with E-state index in [1.54, 1.807) is 0 Å². The zero-order valence-corrected chi connectivity index (χ0v) is 13.3. The Bertz CT molecular complexity index is 646. The van der Waals surface area contributed by atoms with Crippen LogP contribution in [0.1, 0.15) is 0 Å². The zero-order chi connectivity index (χ0) is 15.6. The first-order chi connectivity index (χ1) is 9.86. The van der Waals surface area contributed by atoms with E-state index in [9.17, 15) is 17.6 Å². The number of rotatable bonds is 3. The van der Waals surface area contributed by atoms with Crippen LogP contribution in [0.4, 0.5) is 4.39 Å². The fourth-order valence-corrected chi connectivity index (χ4v) is 3.91. The average Bonchev–Trinajstić information content (AvgIpc) is 2.49. The molecule has 116 valence electrons. The minimum Gasteiger partial charge on any atom is -0.339 e. The second-order valence-electron chi connectivity index (χ2n) is 4.49. The molecule has 0 radical (unpaired) electrons. The molecular formula is C12H13Cl2FN2O3S. The van der Waals surface area contributed by atoms with E-state index in [2.05, 4.69) is 0 Å². The molecule has 1 heterocycles. The molecule has 1 amide bonds. The first kappa shape index (κ1) is 16.5. The fourth-order valence-electron chi connectivity index (χ4n) is 2.05. The van der Waals surface area contributed by atoms with E-state index in [4.69, 9.17) is 23.2 Å². The second-order valence-corrected chi connectivity index (χ2v) is 7.11. The minimum atomic E-state index is -3.75. The largest absolute Gasteiger partial charge is 0.339 e. The smallest absolute Gasteiger partial charge is 0.243 e. The van der Waals surface area contributed by atoms with E-state index in [0.717, 1.165) is 12.1 Å². The molecule has 9 heteroatoms. The molecule has 0 aliphatic carbocycles. The number of benzene rings is 1. The standard InChI is InChI=1S/C12H13Cl2FN2O3S/c13-8-12(18)16-3-5-17(6-4-16)21(19,20)9-1-2-11(15)10(14)7-9/h1-2,7H,3-6,8H2. The second kappa shape index (κ2) is 6.48. The van der Waals surface area contributed by atoms with Crippen LogP contribution in [0, 0.1) is 5.82 Å². The summed E-state index contributed by atoms with van der Waals surface area (Å²) in [7, 11) is -3.75. The van der Waals surface area contributed by atoms with Crippen LogP contribution < -0.4 is 0 Å². The van der Waals surface area contributed by atoms with Crippen molar-refractivity contribution in [3.05, 3.63) is 29.0 Å². The van der Waals surface area contributed by atoms with Gasteiger partial charge in [0, 0.05) is 26.2 Å². The highest BCUT2D eigenvalue weighted by Crippen LogP contribution is 2.23. The van der Waals surface area contributed by atoms with E-state index in [1.807, 2.05) is 0 Å². The molecule has 0 spiro atoms. The van der Waals surface area contributed by atoms with Gasteiger partial charge in [-0.3, -0.25) is 4.79 Å². The molecule has 0 atom stereocenters. The number of sulfonamides is 1. The quantitative estimate of drug-likeness (QED) is 0.773. The minimum absolute atomic E-state index is 0.0639. The Balaban J connectivity index is 2.14. The molecule has 0 saturated carbocycles. The van der Waals surface area contributed by atoms with Crippen molar-refractivity contribution in [2.75, 3.05) is 32.1 Å². The van der Waals surface area contributed by atoms with Crippen molar-refractivity contribution < 1.29 is 17.6 Å². The summed E-state index contributed by atoms with van der Waals surface area (Å²) in [5.41, 5.74) is 0. The van der Waals surface area contributed by atoms with Crippen molar-refractivity contribution >= 4 is 39.1 Å². The molecule has 2 rings (SSSR count). The van der Waals surface area contributed by atoms with Gasteiger partial charge >= 0.3 is 0 Å². The number of alkyl halides is 1. The van der Waals surface area contributed by atoms with Crippen LogP contribution in [-0.4, -0.2) is 55.6 Å². The van der Waals surface area contributed by atoms with E-state index in [-0.39, 0.29) is 47.9 Å². The topological polar surface area (TPSA) is 57.7 Å². The Morgan fingerprint density at radius 2 is 1.86 bits per heavy atom. The highest BCUT2D eigenvalue weighted by molar-refractivity contribution is 7.89. The van der Waals surface area contributed by atoms with Gasteiger partial charge in [-0.25, -0.2) is 12.8 Å². The summed E-state index contributed by atoms with van der Waals surface area (Å²) < 4.78 is 39.2. The van der Waals surface area contributed by atoms with Gasteiger partial charge in [-0.15, -0.1) is 11.6 Å². The predicted molar refractivity (Wildman–Crippen MR) is 77.5 cm³/mol. The van der Waals surface area contributed by atoms with Crippen molar-refractivity contribution in [3.8, 4) is 0 Å². The number of hydrogen-bond donors (Lipinski definition) is 0. The van der Waals surface area contributed by atoms with E-state index in [1.165, 1.54) is 15.3 Å². The number of carbonyl (C=O) groups excluding carboxylic acids is 1. The van der Waals surface area contributed by atoms with Crippen molar-refractivity contribution in [2.45, 2.75) is 4.90 Å². The normalized spacial score (nSPS) is 17.0. The number of carbonyl (C=O) groups is 1. The fraction of sp³-hybridized carbons (Fsp3) is 0.417. The SMILES string of the molecule is O=C(CCl)N1CCN(S(=O)(=O)c2ccc(F)c(Cl)c2)CC1.